The number of hydrogen-bond acceptors (Lipinski definition) is 4. The van der Waals surface area contributed by atoms with Gasteiger partial charge in [0.2, 0.25) is 0 Å². The van der Waals surface area contributed by atoms with Crippen molar-refractivity contribution in [2.45, 2.75) is 26.8 Å². The number of hydrogen-bond donors (Lipinski definition) is 0. The van der Waals surface area contributed by atoms with Crippen molar-refractivity contribution in [3.05, 3.63) is 52.8 Å². The van der Waals surface area contributed by atoms with Crippen LogP contribution in [0.1, 0.15) is 25.2 Å². The normalized spacial score (nSPS) is 11.4. The quantitative estimate of drug-likeness (QED) is 0.523. The molecule has 0 N–H and O–H groups in total. The molecule has 0 aliphatic rings. The van der Waals surface area contributed by atoms with Crippen LogP contribution in [0.25, 0.3) is 11.0 Å². The topological polar surface area (TPSA) is 39.5 Å². The highest BCUT2D eigenvalue weighted by molar-refractivity contribution is 6.31. The third-order valence-electron chi connectivity index (χ3n) is 5.13. The molecular formula is C22H28ClN3O2. The maximum Gasteiger partial charge on any atom is 0.161 e. The second-order valence-corrected chi connectivity index (χ2v) is 7.14. The van der Waals surface area contributed by atoms with Crippen LogP contribution in [-0.2, 0) is 13.0 Å². The number of rotatable bonds is 9. The summed E-state index contributed by atoms with van der Waals surface area (Å²) in [5, 5.41) is 0.731. The number of aromatic nitrogens is 2. The first-order valence-corrected chi connectivity index (χ1v) is 10.0. The lowest BCUT2D eigenvalue weighted by Gasteiger charge is -2.19. The second-order valence-electron chi connectivity index (χ2n) is 6.71. The molecule has 28 heavy (non-hydrogen) atoms. The molecule has 0 bridgehead atoms. The van der Waals surface area contributed by atoms with Gasteiger partial charge in [-0.2, -0.15) is 0 Å². The SMILES string of the molecule is CCN(CC)CCn1c(Cc2ccc(OC)c(OC)c2)nc2ccc(Cl)cc21. The average molecular weight is 402 g/mol. The van der Waals surface area contributed by atoms with Crippen molar-refractivity contribution in [1.82, 2.24) is 14.5 Å². The van der Waals surface area contributed by atoms with Crippen molar-refractivity contribution in [3.63, 3.8) is 0 Å². The molecule has 0 aliphatic carbocycles. The van der Waals surface area contributed by atoms with Crippen molar-refractivity contribution in [2.75, 3.05) is 33.9 Å². The van der Waals surface area contributed by atoms with Gasteiger partial charge >= 0.3 is 0 Å². The van der Waals surface area contributed by atoms with E-state index in [9.17, 15) is 0 Å². The summed E-state index contributed by atoms with van der Waals surface area (Å²) in [6, 6.07) is 11.9. The number of halogens is 1. The Balaban J connectivity index is 1.96. The van der Waals surface area contributed by atoms with Gasteiger partial charge in [0.25, 0.3) is 0 Å². The maximum absolute atomic E-state index is 6.27. The van der Waals surface area contributed by atoms with Crippen LogP contribution in [0, 0.1) is 0 Å². The first-order chi connectivity index (χ1) is 13.6. The highest BCUT2D eigenvalue weighted by Gasteiger charge is 2.14. The number of nitrogens with zero attached hydrogens (tertiary/aromatic N) is 3. The van der Waals surface area contributed by atoms with Crippen LogP contribution < -0.4 is 9.47 Å². The van der Waals surface area contributed by atoms with Crippen LogP contribution in [-0.4, -0.2) is 48.3 Å². The predicted molar refractivity (Wildman–Crippen MR) is 115 cm³/mol. The van der Waals surface area contributed by atoms with Crippen LogP contribution in [0.15, 0.2) is 36.4 Å². The summed E-state index contributed by atoms with van der Waals surface area (Å²) in [4.78, 5) is 7.30. The zero-order valence-corrected chi connectivity index (χ0v) is 17.8. The molecule has 0 fully saturated rings. The van der Waals surface area contributed by atoms with Crippen LogP contribution in [0.5, 0.6) is 11.5 Å². The third-order valence-corrected chi connectivity index (χ3v) is 5.37. The molecule has 6 heteroatoms. The third kappa shape index (κ3) is 4.42. The molecule has 0 aliphatic heterocycles. The summed E-state index contributed by atoms with van der Waals surface area (Å²) in [5.41, 5.74) is 3.18. The Kier molecular flexibility index (Phi) is 6.81. The number of methoxy groups -OCH3 is 2. The van der Waals surface area contributed by atoms with Crippen LogP contribution in [0.4, 0.5) is 0 Å². The monoisotopic (exact) mass is 401 g/mol. The molecule has 0 unspecified atom stereocenters. The van der Waals surface area contributed by atoms with Crippen molar-refractivity contribution in [2.24, 2.45) is 0 Å². The lowest BCUT2D eigenvalue weighted by Crippen LogP contribution is -2.27. The van der Waals surface area contributed by atoms with Crippen molar-refractivity contribution >= 4 is 22.6 Å². The van der Waals surface area contributed by atoms with Gasteiger partial charge in [-0.25, -0.2) is 4.98 Å². The van der Waals surface area contributed by atoms with Crippen LogP contribution >= 0.6 is 11.6 Å². The summed E-state index contributed by atoms with van der Waals surface area (Å²) >= 11 is 6.27. The van der Waals surface area contributed by atoms with E-state index in [1.165, 1.54) is 0 Å². The number of likely N-dealkylation sites (N-methyl/N-ethyl adjacent to an activating group) is 1. The molecule has 0 radical (unpaired) electrons. The zero-order valence-electron chi connectivity index (χ0n) is 17.0. The Morgan fingerprint density at radius 3 is 2.43 bits per heavy atom. The smallest absolute Gasteiger partial charge is 0.161 e. The second kappa shape index (κ2) is 9.30. The van der Waals surface area contributed by atoms with Gasteiger partial charge in [0.1, 0.15) is 5.82 Å². The average Bonchev–Trinajstić information content (AvgIpc) is 3.05. The molecule has 3 rings (SSSR count). The van der Waals surface area contributed by atoms with E-state index in [2.05, 4.69) is 29.4 Å². The fraction of sp³-hybridized carbons (Fsp3) is 0.409. The van der Waals surface area contributed by atoms with Gasteiger partial charge in [0.15, 0.2) is 11.5 Å². The molecule has 0 amide bonds. The minimum absolute atomic E-state index is 0.713. The maximum atomic E-state index is 6.27. The minimum atomic E-state index is 0.713. The Labute approximate surface area is 171 Å². The van der Waals surface area contributed by atoms with Gasteiger partial charge in [-0.05, 0) is 49.0 Å². The van der Waals surface area contributed by atoms with Gasteiger partial charge in [-0.15, -0.1) is 0 Å². The van der Waals surface area contributed by atoms with E-state index in [1.807, 2.05) is 30.3 Å². The Bertz CT molecular complexity index is 935. The fourth-order valence-electron chi connectivity index (χ4n) is 3.48. The highest BCUT2D eigenvalue weighted by Crippen LogP contribution is 2.29. The van der Waals surface area contributed by atoms with E-state index in [0.29, 0.717) is 6.42 Å². The van der Waals surface area contributed by atoms with Gasteiger partial charge in [0, 0.05) is 24.5 Å². The van der Waals surface area contributed by atoms with E-state index in [-0.39, 0.29) is 0 Å². The molecule has 150 valence electrons. The number of fused-ring (bicyclic) bond motifs is 1. The van der Waals surface area contributed by atoms with E-state index < -0.39 is 0 Å². The Morgan fingerprint density at radius 1 is 1.00 bits per heavy atom. The molecular weight excluding hydrogens is 374 g/mol. The summed E-state index contributed by atoms with van der Waals surface area (Å²) < 4.78 is 13.1. The molecule has 3 aromatic rings. The number of imidazole rings is 1. The molecule has 0 saturated heterocycles. The van der Waals surface area contributed by atoms with Gasteiger partial charge < -0.3 is 18.9 Å². The number of benzene rings is 2. The molecule has 5 nitrogen and oxygen atoms in total. The van der Waals surface area contributed by atoms with E-state index in [4.69, 9.17) is 26.1 Å². The van der Waals surface area contributed by atoms with Crippen LogP contribution in [0.3, 0.4) is 0 Å². The summed E-state index contributed by atoms with van der Waals surface area (Å²) in [6.45, 7) is 8.31. The van der Waals surface area contributed by atoms with Gasteiger partial charge in [-0.3, -0.25) is 0 Å². The summed E-state index contributed by atoms with van der Waals surface area (Å²) in [5.74, 6) is 2.48. The Morgan fingerprint density at radius 2 is 1.75 bits per heavy atom. The largest absolute Gasteiger partial charge is 0.493 e. The lowest BCUT2D eigenvalue weighted by molar-refractivity contribution is 0.291. The molecule has 1 heterocycles. The predicted octanol–water partition coefficient (Wildman–Crippen LogP) is 4.64. The van der Waals surface area contributed by atoms with E-state index in [0.717, 1.165) is 65.1 Å². The molecule has 0 atom stereocenters. The summed E-state index contributed by atoms with van der Waals surface area (Å²) in [7, 11) is 3.30. The standard InChI is InChI=1S/C22H28ClN3O2/c1-5-25(6-2)11-12-26-19-15-17(23)8-9-18(19)24-22(26)14-16-7-10-20(27-3)21(13-16)28-4/h7-10,13,15H,5-6,11-12,14H2,1-4H3. The van der Waals surface area contributed by atoms with E-state index in [1.54, 1.807) is 14.2 Å². The van der Waals surface area contributed by atoms with E-state index >= 15 is 0 Å². The minimum Gasteiger partial charge on any atom is -0.493 e. The first-order valence-electron chi connectivity index (χ1n) is 9.67. The first kappa shape index (κ1) is 20.5. The molecule has 0 saturated carbocycles. The lowest BCUT2D eigenvalue weighted by atomic mass is 10.1. The molecule has 1 aromatic heterocycles. The highest BCUT2D eigenvalue weighted by atomic mass is 35.5. The molecule has 0 spiro atoms. The van der Waals surface area contributed by atoms with Crippen LogP contribution in [0.2, 0.25) is 5.02 Å². The van der Waals surface area contributed by atoms with Crippen molar-refractivity contribution < 1.29 is 9.47 Å². The van der Waals surface area contributed by atoms with Crippen molar-refractivity contribution in [3.8, 4) is 11.5 Å². The fourth-order valence-corrected chi connectivity index (χ4v) is 3.65. The van der Waals surface area contributed by atoms with Gasteiger partial charge in [-0.1, -0.05) is 31.5 Å². The zero-order chi connectivity index (χ0) is 20.1. The number of ether oxygens (including phenoxy) is 2. The van der Waals surface area contributed by atoms with Crippen molar-refractivity contribution in [1.29, 1.82) is 0 Å². The Hall–Kier alpha value is -2.24. The summed E-state index contributed by atoms with van der Waals surface area (Å²) in [6.07, 6.45) is 0.713. The van der Waals surface area contributed by atoms with Gasteiger partial charge in [0.05, 0.1) is 25.3 Å². The molecule has 2 aromatic carbocycles.